The van der Waals surface area contributed by atoms with Crippen molar-refractivity contribution in [1.29, 1.82) is 0 Å². The van der Waals surface area contributed by atoms with Gasteiger partial charge < -0.3 is 0 Å². The van der Waals surface area contributed by atoms with E-state index in [9.17, 15) is 9.59 Å². The average Bonchev–Trinajstić information content (AvgIpc) is 2.43. The Morgan fingerprint density at radius 2 is 0.800 bits per heavy atom. The third-order valence-corrected chi connectivity index (χ3v) is 4.39. The molecule has 20 heavy (non-hydrogen) atoms. The van der Waals surface area contributed by atoms with Crippen LogP contribution in [0.25, 0.3) is 0 Å². The van der Waals surface area contributed by atoms with Gasteiger partial charge in [0.05, 0.1) is 0 Å². The summed E-state index contributed by atoms with van der Waals surface area (Å²) in [5, 5.41) is 0. The molecule has 0 aromatic heterocycles. The van der Waals surface area contributed by atoms with Crippen molar-refractivity contribution < 1.29 is 9.59 Å². The van der Waals surface area contributed by atoms with Crippen LogP contribution in [0.4, 0.5) is 0 Å². The summed E-state index contributed by atoms with van der Waals surface area (Å²) in [6.45, 7) is 0. The van der Waals surface area contributed by atoms with Gasteiger partial charge in [-0.1, -0.05) is 51.4 Å². The number of allylic oxidation sites excluding steroid dienone is 4. The molecule has 2 bridgehead atoms. The first-order valence-electron chi connectivity index (χ1n) is 8.27. The van der Waals surface area contributed by atoms with Gasteiger partial charge in [0, 0.05) is 11.1 Å². The van der Waals surface area contributed by atoms with Gasteiger partial charge >= 0.3 is 0 Å². The molecule has 0 heterocycles. The molecule has 0 spiro atoms. The fourth-order valence-corrected chi connectivity index (χ4v) is 3.08. The third kappa shape index (κ3) is 4.73. The van der Waals surface area contributed by atoms with E-state index in [2.05, 4.69) is 0 Å². The minimum Gasteiger partial charge on any atom is -0.290 e. The molecular formula is C18H26O2. The Kier molecular flexibility index (Phi) is 6.23. The van der Waals surface area contributed by atoms with Gasteiger partial charge in [0.25, 0.3) is 0 Å². The average molecular weight is 274 g/mol. The Balaban J connectivity index is 1.95. The lowest BCUT2D eigenvalue weighted by atomic mass is 9.90. The zero-order valence-corrected chi connectivity index (χ0v) is 12.5. The molecule has 0 amide bonds. The molecule has 3 aliphatic rings. The summed E-state index contributed by atoms with van der Waals surface area (Å²) in [7, 11) is 0. The second-order valence-corrected chi connectivity index (χ2v) is 6.10. The normalized spacial score (nSPS) is 23.4. The number of rotatable bonds is 0. The van der Waals surface area contributed by atoms with E-state index in [1.165, 1.54) is 51.4 Å². The minimum atomic E-state index is 0.0756. The van der Waals surface area contributed by atoms with Crippen LogP contribution in [-0.4, -0.2) is 11.6 Å². The smallest absolute Gasteiger partial charge is 0.182 e. The van der Waals surface area contributed by atoms with E-state index >= 15 is 0 Å². The highest BCUT2D eigenvalue weighted by atomic mass is 16.1. The SMILES string of the molecule is O=C1C=C2CCCCCCCCCCCCC1=CC2=O. The lowest BCUT2D eigenvalue weighted by Crippen LogP contribution is -2.13. The predicted octanol–water partition coefficient (Wildman–Crippen LogP) is 4.69. The van der Waals surface area contributed by atoms with Gasteiger partial charge in [-0.2, -0.15) is 0 Å². The Labute approximate surface area is 122 Å². The first-order valence-corrected chi connectivity index (χ1v) is 8.27. The van der Waals surface area contributed by atoms with E-state index in [4.69, 9.17) is 0 Å². The number of carbonyl (C=O) groups excluding carboxylic acids is 2. The zero-order chi connectivity index (χ0) is 14.2. The summed E-state index contributed by atoms with van der Waals surface area (Å²) >= 11 is 0. The molecule has 2 nitrogen and oxygen atoms in total. The van der Waals surface area contributed by atoms with Crippen LogP contribution in [0, 0.1) is 0 Å². The second-order valence-electron chi connectivity index (χ2n) is 6.10. The van der Waals surface area contributed by atoms with Crippen LogP contribution in [0.5, 0.6) is 0 Å². The summed E-state index contributed by atoms with van der Waals surface area (Å²) in [5.41, 5.74) is 1.46. The van der Waals surface area contributed by atoms with Gasteiger partial charge in [-0.3, -0.25) is 9.59 Å². The molecule has 0 aromatic rings. The highest BCUT2D eigenvalue weighted by Crippen LogP contribution is 2.22. The van der Waals surface area contributed by atoms with Crippen LogP contribution in [-0.2, 0) is 9.59 Å². The highest BCUT2D eigenvalue weighted by molar-refractivity contribution is 6.19. The maximum Gasteiger partial charge on any atom is 0.182 e. The Hall–Kier alpha value is -1.18. The first-order chi connectivity index (χ1) is 9.77. The lowest BCUT2D eigenvalue weighted by molar-refractivity contribution is -0.115. The van der Waals surface area contributed by atoms with Gasteiger partial charge in [-0.25, -0.2) is 0 Å². The standard InChI is InChI=1S/C18H26O2/c19-17-14-16-12-10-8-6-4-2-1-3-5-7-9-11-15(17)13-18(16)20/h13-14H,1-12H2. The van der Waals surface area contributed by atoms with Gasteiger partial charge in [0.15, 0.2) is 11.6 Å². The van der Waals surface area contributed by atoms with E-state index in [1.54, 1.807) is 12.2 Å². The molecule has 0 aliphatic heterocycles. The number of fused-ring (bicyclic) bond motifs is 13. The van der Waals surface area contributed by atoms with Crippen molar-refractivity contribution in [2.75, 3.05) is 0 Å². The highest BCUT2D eigenvalue weighted by Gasteiger charge is 2.19. The molecular weight excluding hydrogens is 248 g/mol. The number of hydrogen-bond donors (Lipinski definition) is 0. The van der Waals surface area contributed by atoms with Crippen molar-refractivity contribution in [3.05, 3.63) is 23.3 Å². The van der Waals surface area contributed by atoms with Crippen LogP contribution < -0.4 is 0 Å². The molecule has 0 unspecified atom stereocenters. The Morgan fingerprint density at radius 3 is 1.15 bits per heavy atom. The summed E-state index contributed by atoms with van der Waals surface area (Å²) in [6, 6.07) is 0. The molecule has 0 radical (unpaired) electrons. The molecule has 0 saturated heterocycles. The zero-order valence-electron chi connectivity index (χ0n) is 12.5. The molecule has 3 rings (SSSR count). The summed E-state index contributed by atoms with van der Waals surface area (Å²) in [6.07, 6.45) is 17.0. The van der Waals surface area contributed by atoms with Gasteiger partial charge in [0.1, 0.15) is 0 Å². The number of ketones is 2. The van der Waals surface area contributed by atoms with Crippen molar-refractivity contribution in [2.45, 2.75) is 77.0 Å². The second kappa shape index (κ2) is 8.18. The minimum absolute atomic E-state index is 0.0756. The number of carbonyl (C=O) groups is 2. The summed E-state index contributed by atoms with van der Waals surface area (Å²) in [4.78, 5) is 24.0. The van der Waals surface area contributed by atoms with Crippen molar-refractivity contribution in [1.82, 2.24) is 0 Å². The Bertz CT molecular complexity index is 375. The van der Waals surface area contributed by atoms with Crippen molar-refractivity contribution in [3.63, 3.8) is 0 Å². The molecule has 0 N–H and O–H groups in total. The van der Waals surface area contributed by atoms with Crippen molar-refractivity contribution in [2.24, 2.45) is 0 Å². The summed E-state index contributed by atoms with van der Waals surface area (Å²) < 4.78 is 0. The molecule has 2 heteroatoms. The van der Waals surface area contributed by atoms with Gasteiger partial charge in [-0.05, 0) is 37.8 Å². The fraction of sp³-hybridized carbons (Fsp3) is 0.667. The van der Waals surface area contributed by atoms with Crippen molar-refractivity contribution >= 4 is 11.6 Å². The van der Waals surface area contributed by atoms with Crippen molar-refractivity contribution in [3.8, 4) is 0 Å². The van der Waals surface area contributed by atoms with E-state index < -0.39 is 0 Å². The molecule has 0 fully saturated rings. The predicted molar refractivity (Wildman–Crippen MR) is 81.6 cm³/mol. The van der Waals surface area contributed by atoms with E-state index in [1.807, 2.05) is 0 Å². The Morgan fingerprint density at radius 1 is 0.500 bits per heavy atom. The first kappa shape index (κ1) is 15.2. The van der Waals surface area contributed by atoms with E-state index in [0.717, 1.165) is 36.8 Å². The van der Waals surface area contributed by atoms with Crippen LogP contribution in [0.2, 0.25) is 0 Å². The van der Waals surface area contributed by atoms with Crippen LogP contribution in [0.15, 0.2) is 23.3 Å². The van der Waals surface area contributed by atoms with E-state index in [-0.39, 0.29) is 11.6 Å². The van der Waals surface area contributed by atoms with Gasteiger partial charge in [0.2, 0.25) is 0 Å². The fourth-order valence-electron chi connectivity index (χ4n) is 3.08. The van der Waals surface area contributed by atoms with Crippen LogP contribution in [0.1, 0.15) is 77.0 Å². The maximum absolute atomic E-state index is 12.0. The largest absolute Gasteiger partial charge is 0.290 e. The monoisotopic (exact) mass is 274 g/mol. The molecule has 3 aliphatic carbocycles. The number of hydrogen-bond acceptors (Lipinski definition) is 2. The van der Waals surface area contributed by atoms with E-state index in [0.29, 0.717) is 0 Å². The van der Waals surface area contributed by atoms with Crippen LogP contribution in [0.3, 0.4) is 0 Å². The van der Waals surface area contributed by atoms with Gasteiger partial charge in [-0.15, -0.1) is 0 Å². The molecule has 0 aromatic carbocycles. The summed E-state index contributed by atoms with van der Waals surface area (Å²) in [5.74, 6) is 0.151. The molecule has 110 valence electrons. The molecule has 0 atom stereocenters. The topological polar surface area (TPSA) is 34.1 Å². The van der Waals surface area contributed by atoms with Crippen LogP contribution >= 0.6 is 0 Å². The quantitative estimate of drug-likeness (QED) is 0.601. The maximum atomic E-state index is 12.0. The third-order valence-electron chi connectivity index (χ3n) is 4.39. The molecule has 0 saturated carbocycles. The lowest BCUT2D eigenvalue weighted by Gasteiger charge is -2.13.